The number of para-hydroxylation sites is 1. The quantitative estimate of drug-likeness (QED) is 0.186. The summed E-state index contributed by atoms with van der Waals surface area (Å²) in [5, 5.41) is 19.2. The van der Waals surface area contributed by atoms with Gasteiger partial charge in [0, 0.05) is 36.3 Å². The van der Waals surface area contributed by atoms with Crippen molar-refractivity contribution in [2.75, 3.05) is 13.2 Å². The molecule has 5 rings (SSSR count). The van der Waals surface area contributed by atoms with E-state index in [4.69, 9.17) is 14.6 Å². The van der Waals surface area contributed by atoms with Crippen molar-refractivity contribution < 1.29 is 53.0 Å². The summed E-state index contributed by atoms with van der Waals surface area (Å²) >= 11 is 0. The molecule has 0 saturated carbocycles. The number of unbranched alkanes of at least 4 members (excludes halogenated alkanes) is 4. The van der Waals surface area contributed by atoms with E-state index < -0.39 is 5.97 Å². The van der Waals surface area contributed by atoms with Gasteiger partial charge in [0.05, 0.1) is 17.6 Å². The van der Waals surface area contributed by atoms with Crippen molar-refractivity contribution in [1.82, 2.24) is 0 Å². The van der Waals surface area contributed by atoms with Crippen LogP contribution in [0.25, 0.3) is 6.08 Å². The number of hydrogen-bond donors (Lipinski definition) is 2. The van der Waals surface area contributed by atoms with Gasteiger partial charge >= 0.3 is 5.97 Å². The van der Waals surface area contributed by atoms with Crippen LogP contribution in [0.1, 0.15) is 89.7 Å². The van der Waals surface area contributed by atoms with Crippen molar-refractivity contribution in [3.8, 4) is 17.2 Å². The lowest BCUT2D eigenvalue weighted by molar-refractivity contribution is -0.433. The minimum Gasteiger partial charge on any atom is -1.00 e. The van der Waals surface area contributed by atoms with Crippen LogP contribution in [0, 0.1) is 0 Å². The highest BCUT2D eigenvalue weighted by Crippen LogP contribution is 2.45. The van der Waals surface area contributed by atoms with Crippen LogP contribution in [-0.4, -0.2) is 39.6 Å². The summed E-state index contributed by atoms with van der Waals surface area (Å²) < 4.78 is 15.0. The SMILES string of the molecule is CC[N+]1=C(/C=C/C2=C3Oc4cc(O)cc(OCCCCCCCC(=O)O)c4C=C3CCC2)C(C)(C)c2ccccc21.[I-]. The largest absolute Gasteiger partial charge is 1.00 e. The van der Waals surface area contributed by atoms with Gasteiger partial charge in [-0.25, -0.2) is 0 Å². The number of phenolic OH excluding ortho intramolecular Hbond substituents is 1. The lowest BCUT2D eigenvalue weighted by Gasteiger charge is -2.27. The Labute approximate surface area is 266 Å². The van der Waals surface area contributed by atoms with Gasteiger partial charge in [-0.15, -0.1) is 0 Å². The molecule has 224 valence electrons. The fourth-order valence-corrected chi connectivity index (χ4v) is 6.30. The van der Waals surface area contributed by atoms with E-state index in [9.17, 15) is 9.90 Å². The smallest absolute Gasteiger partial charge is 0.303 e. The number of fused-ring (bicyclic) bond motifs is 3. The first kappa shape index (κ1) is 31.9. The van der Waals surface area contributed by atoms with E-state index in [2.05, 4.69) is 67.8 Å². The third-order valence-corrected chi connectivity index (χ3v) is 8.45. The maximum atomic E-state index is 10.7. The van der Waals surface area contributed by atoms with Crippen molar-refractivity contribution in [1.29, 1.82) is 0 Å². The summed E-state index contributed by atoms with van der Waals surface area (Å²) in [5.74, 6) is 1.55. The first-order valence-electron chi connectivity index (χ1n) is 15.1. The molecule has 0 atom stereocenters. The number of benzene rings is 2. The van der Waals surface area contributed by atoms with Crippen molar-refractivity contribution in [3.05, 3.63) is 76.6 Å². The highest BCUT2D eigenvalue weighted by atomic mass is 127. The molecule has 0 spiro atoms. The van der Waals surface area contributed by atoms with Crippen LogP contribution in [0.2, 0.25) is 0 Å². The number of nitrogens with zero attached hydrogens (tertiary/aromatic N) is 1. The monoisotopic (exact) mass is 683 g/mol. The van der Waals surface area contributed by atoms with E-state index in [0.717, 1.165) is 69.2 Å². The van der Waals surface area contributed by atoms with Gasteiger partial charge < -0.3 is 43.7 Å². The topological polar surface area (TPSA) is 79.0 Å². The van der Waals surface area contributed by atoms with Crippen molar-refractivity contribution in [2.45, 2.75) is 84.0 Å². The van der Waals surface area contributed by atoms with Crippen LogP contribution >= 0.6 is 0 Å². The van der Waals surface area contributed by atoms with Crippen LogP contribution in [0.5, 0.6) is 17.2 Å². The van der Waals surface area contributed by atoms with Crippen LogP contribution in [0.4, 0.5) is 5.69 Å². The Kier molecular flexibility index (Phi) is 10.6. The molecule has 42 heavy (non-hydrogen) atoms. The number of phenols is 1. The minimum atomic E-state index is -0.733. The van der Waals surface area contributed by atoms with E-state index >= 15 is 0 Å². The molecule has 6 nitrogen and oxygen atoms in total. The maximum absolute atomic E-state index is 10.7. The molecule has 0 bridgehead atoms. The van der Waals surface area contributed by atoms with Crippen LogP contribution in [0.3, 0.4) is 0 Å². The zero-order valence-electron chi connectivity index (χ0n) is 24.9. The molecule has 0 saturated heterocycles. The molecule has 2 heterocycles. The van der Waals surface area contributed by atoms with Gasteiger partial charge in [-0.3, -0.25) is 4.79 Å². The molecule has 0 aromatic heterocycles. The third kappa shape index (κ3) is 6.77. The van der Waals surface area contributed by atoms with E-state index in [1.54, 1.807) is 12.1 Å². The number of aromatic hydroxyl groups is 1. The van der Waals surface area contributed by atoms with Crippen LogP contribution < -0.4 is 33.5 Å². The van der Waals surface area contributed by atoms with E-state index in [-0.39, 0.29) is 41.6 Å². The molecule has 2 aromatic rings. The molecule has 1 aliphatic carbocycles. The number of rotatable bonds is 12. The average Bonchev–Trinajstić information content (AvgIpc) is 3.17. The summed E-state index contributed by atoms with van der Waals surface area (Å²) in [7, 11) is 0. The van der Waals surface area contributed by atoms with Crippen molar-refractivity contribution in [2.24, 2.45) is 0 Å². The molecule has 2 aromatic carbocycles. The van der Waals surface area contributed by atoms with E-state index in [0.29, 0.717) is 18.1 Å². The Bertz CT molecular complexity index is 1450. The van der Waals surface area contributed by atoms with E-state index in [1.165, 1.54) is 28.1 Å². The van der Waals surface area contributed by atoms with Crippen molar-refractivity contribution in [3.63, 3.8) is 0 Å². The van der Waals surface area contributed by atoms with Gasteiger partial charge in [0.15, 0.2) is 5.71 Å². The number of ether oxygens (including phenoxy) is 2. The number of halogens is 1. The van der Waals surface area contributed by atoms with Gasteiger partial charge in [-0.2, -0.15) is 4.58 Å². The Morgan fingerprint density at radius 3 is 2.62 bits per heavy atom. The Morgan fingerprint density at radius 2 is 1.83 bits per heavy atom. The molecule has 7 heteroatoms. The normalized spacial score (nSPS) is 16.8. The number of allylic oxidation sites excluding steroid dienone is 4. The highest BCUT2D eigenvalue weighted by molar-refractivity contribution is 6.03. The number of aliphatic carboxylic acids is 1. The fraction of sp³-hybridized carbons (Fsp3) is 0.429. The summed E-state index contributed by atoms with van der Waals surface area (Å²) in [6.45, 7) is 8.24. The summed E-state index contributed by atoms with van der Waals surface area (Å²) in [6, 6.07) is 12.0. The second kappa shape index (κ2) is 13.9. The number of carbonyl (C=O) groups is 1. The fourth-order valence-electron chi connectivity index (χ4n) is 6.30. The van der Waals surface area contributed by atoms with Crippen molar-refractivity contribution >= 4 is 23.4 Å². The molecule has 0 amide bonds. The predicted octanol–water partition coefficient (Wildman–Crippen LogP) is 5.07. The lowest BCUT2D eigenvalue weighted by atomic mass is 9.81. The zero-order valence-corrected chi connectivity index (χ0v) is 27.1. The predicted molar refractivity (Wildman–Crippen MR) is 162 cm³/mol. The lowest BCUT2D eigenvalue weighted by Crippen LogP contribution is -3.00. The summed E-state index contributed by atoms with van der Waals surface area (Å²) in [5.41, 5.74) is 7.07. The van der Waals surface area contributed by atoms with Gasteiger partial charge in [0.25, 0.3) is 0 Å². The Balaban J connectivity index is 0.00000405. The third-order valence-electron chi connectivity index (χ3n) is 8.45. The first-order valence-corrected chi connectivity index (χ1v) is 15.1. The second-order valence-corrected chi connectivity index (χ2v) is 11.7. The standard InChI is InChI=1S/C35H41NO5.HI/c1-4-36-29-16-10-9-15-28(29)35(2,3)32(36)19-18-24-13-12-14-25-21-27-30(22-26(37)23-31(27)41-34(24)25)40-20-11-7-5-6-8-17-33(38)39;/h9-10,15-16,18-19,21-23H,4-8,11-14,17,20H2,1-3H3,(H,38,39);1H. The Hall–Kier alpha value is -3.07. The Morgan fingerprint density at radius 1 is 1.07 bits per heavy atom. The first-order chi connectivity index (χ1) is 19.8. The summed E-state index contributed by atoms with van der Waals surface area (Å²) in [4.78, 5) is 10.7. The van der Waals surface area contributed by atoms with Crippen LogP contribution in [-0.2, 0) is 10.2 Å². The molecule has 0 radical (unpaired) electrons. The second-order valence-electron chi connectivity index (χ2n) is 11.7. The summed E-state index contributed by atoms with van der Waals surface area (Å²) in [6.07, 6.45) is 14.3. The van der Waals surface area contributed by atoms with Crippen LogP contribution in [0.15, 0.2) is 65.5 Å². The number of carboxylic acids is 1. The molecule has 0 fully saturated rings. The molecular formula is C35H42INO5. The molecular weight excluding hydrogens is 641 g/mol. The average molecular weight is 684 g/mol. The maximum Gasteiger partial charge on any atom is 0.303 e. The van der Waals surface area contributed by atoms with Gasteiger partial charge in [-0.05, 0) is 76.2 Å². The highest BCUT2D eigenvalue weighted by Gasteiger charge is 2.43. The minimum absolute atomic E-state index is 0. The number of hydrogen-bond acceptors (Lipinski definition) is 4. The van der Waals surface area contributed by atoms with Gasteiger partial charge in [0.2, 0.25) is 5.69 Å². The molecule has 3 aliphatic rings. The molecule has 2 N–H and O–H groups in total. The van der Waals surface area contributed by atoms with Gasteiger partial charge in [-0.1, -0.05) is 37.5 Å². The molecule has 0 unspecified atom stereocenters. The van der Waals surface area contributed by atoms with E-state index in [1.807, 2.05) is 0 Å². The molecule has 2 aliphatic heterocycles. The van der Waals surface area contributed by atoms with Gasteiger partial charge in [0.1, 0.15) is 29.6 Å². The number of carboxylic acid groups (broad SMARTS) is 1. The zero-order chi connectivity index (χ0) is 29.0.